The highest BCUT2D eigenvalue weighted by Crippen LogP contribution is 2.12. The van der Waals surface area contributed by atoms with Crippen molar-refractivity contribution in [2.45, 2.75) is 19.4 Å². The second-order valence-electron chi connectivity index (χ2n) is 3.94. The molecule has 0 aromatic carbocycles. The zero-order valence-corrected chi connectivity index (χ0v) is 9.05. The summed E-state index contributed by atoms with van der Waals surface area (Å²) in [4.78, 5) is 20.4. The van der Waals surface area contributed by atoms with Gasteiger partial charge >= 0.3 is 6.09 Å². The Morgan fingerprint density at radius 3 is 2.81 bits per heavy atom. The molecule has 1 aliphatic heterocycles. The number of hydrogen-bond acceptors (Lipinski definition) is 4. The summed E-state index contributed by atoms with van der Waals surface area (Å²) in [5.74, 6) is 0.558. The molecular formula is C10H14N4O2. The molecule has 1 amide bonds. The number of amides is 1. The van der Waals surface area contributed by atoms with E-state index in [4.69, 9.17) is 5.11 Å². The fourth-order valence-corrected chi connectivity index (χ4v) is 1.70. The van der Waals surface area contributed by atoms with E-state index >= 15 is 0 Å². The SMILES string of the molecule is Cc1cnc(NC2CCN(C(=O)O)C2)nc1. The van der Waals surface area contributed by atoms with Gasteiger partial charge in [-0.25, -0.2) is 14.8 Å². The van der Waals surface area contributed by atoms with Crippen molar-refractivity contribution >= 4 is 12.0 Å². The summed E-state index contributed by atoms with van der Waals surface area (Å²) in [7, 11) is 0. The van der Waals surface area contributed by atoms with E-state index in [2.05, 4.69) is 15.3 Å². The number of nitrogens with one attached hydrogen (secondary N) is 1. The van der Waals surface area contributed by atoms with Crippen LogP contribution < -0.4 is 5.32 Å². The van der Waals surface area contributed by atoms with Gasteiger partial charge in [0.15, 0.2) is 0 Å². The van der Waals surface area contributed by atoms with Gasteiger partial charge in [-0.05, 0) is 18.9 Å². The summed E-state index contributed by atoms with van der Waals surface area (Å²) in [6.45, 7) is 2.98. The Labute approximate surface area is 93.3 Å². The molecule has 2 rings (SSSR count). The molecule has 0 aliphatic carbocycles. The molecule has 86 valence electrons. The zero-order valence-electron chi connectivity index (χ0n) is 9.05. The van der Waals surface area contributed by atoms with Crippen LogP contribution in [0.15, 0.2) is 12.4 Å². The van der Waals surface area contributed by atoms with Gasteiger partial charge < -0.3 is 15.3 Å². The fraction of sp³-hybridized carbons (Fsp3) is 0.500. The third kappa shape index (κ3) is 2.39. The fourth-order valence-electron chi connectivity index (χ4n) is 1.70. The normalized spacial score (nSPS) is 19.8. The molecule has 2 heterocycles. The number of anilines is 1. The number of carbonyl (C=O) groups is 1. The maximum atomic E-state index is 10.7. The van der Waals surface area contributed by atoms with E-state index in [1.165, 1.54) is 4.90 Å². The Kier molecular flexibility index (Phi) is 2.89. The van der Waals surface area contributed by atoms with Crippen LogP contribution in [0.1, 0.15) is 12.0 Å². The predicted octanol–water partition coefficient (Wildman–Crippen LogP) is 0.949. The summed E-state index contributed by atoms with van der Waals surface area (Å²) in [5, 5.41) is 11.9. The summed E-state index contributed by atoms with van der Waals surface area (Å²) < 4.78 is 0. The first kappa shape index (κ1) is 10.7. The van der Waals surface area contributed by atoms with Crippen molar-refractivity contribution in [2.75, 3.05) is 18.4 Å². The molecule has 0 spiro atoms. The standard InChI is InChI=1S/C10H14N4O2/c1-7-4-11-9(12-5-7)13-8-2-3-14(6-8)10(15)16/h4-5,8H,2-3,6H2,1H3,(H,15,16)(H,11,12,13). The van der Waals surface area contributed by atoms with Gasteiger partial charge in [0.1, 0.15) is 0 Å². The third-order valence-electron chi connectivity index (χ3n) is 2.57. The number of aromatic nitrogens is 2. The smallest absolute Gasteiger partial charge is 0.407 e. The van der Waals surface area contributed by atoms with Crippen molar-refractivity contribution < 1.29 is 9.90 Å². The summed E-state index contributed by atoms with van der Waals surface area (Å²) >= 11 is 0. The molecule has 0 bridgehead atoms. The van der Waals surface area contributed by atoms with Crippen molar-refractivity contribution in [1.29, 1.82) is 0 Å². The third-order valence-corrected chi connectivity index (χ3v) is 2.57. The van der Waals surface area contributed by atoms with Crippen molar-refractivity contribution in [3.8, 4) is 0 Å². The minimum absolute atomic E-state index is 0.110. The first-order chi connectivity index (χ1) is 7.65. The Hall–Kier alpha value is -1.85. The Morgan fingerprint density at radius 2 is 2.25 bits per heavy atom. The molecule has 1 fully saturated rings. The van der Waals surface area contributed by atoms with Crippen LogP contribution >= 0.6 is 0 Å². The number of carboxylic acid groups (broad SMARTS) is 1. The molecule has 16 heavy (non-hydrogen) atoms. The topological polar surface area (TPSA) is 78.4 Å². The van der Waals surface area contributed by atoms with Gasteiger partial charge in [-0.3, -0.25) is 0 Å². The molecule has 0 radical (unpaired) electrons. The number of rotatable bonds is 2. The quantitative estimate of drug-likeness (QED) is 0.778. The Balaban J connectivity index is 1.92. The van der Waals surface area contributed by atoms with E-state index in [1.807, 2.05) is 6.92 Å². The van der Waals surface area contributed by atoms with Crippen LogP contribution in [0.25, 0.3) is 0 Å². The van der Waals surface area contributed by atoms with E-state index in [0.29, 0.717) is 19.0 Å². The zero-order chi connectivity index (χ0) is 11.5. The molecule has 0 saturated carbocycles. The van der Waals surface area contributed by atoms with Crippen LogP contribution in [0.4, 0.5) is 10.7 Å². The number of aryl methyl sites for hydroxylation is 1. The molecular weight excluding hydrogens is 208 g/mol. The van der Waals surface area contributed by atoms with E-state index in [0.717, 1.165) is 12.0 Å². The van der Waals surface area contributed by atoms with Crippen molar-refractivity contribution in [2.24, 2.45) is 0 Å². The van der Waals surface area contributed by atoms with Gasteiger partial charge in [0.2, 0.25) is 5.95 Å². The van der Waals surface area contributed by atoms with Crippen molar-refractivity contribution in [3.63, 3.8) is 0 Å². The average molecular weight is 222 g/mol. The van der Waals surface area contributed by atoms with Gasteiger partial charge in [-0.1, -0.05) is 0 Å². The van der Waals surface area contributed by atoms with Gasteiger partial charge in [-0.2, -0.15) is 0 Å². The maximum Gasteiger partial charge on any atom is 0.407 e. The Morgan fingerprint density at radius 1 is 1.56 bits per heavy atom. The molecule has 2 N–H and O–H groups in total. The molecule has 1 saturated heterocycles. The van der Waals surface area contributed by atoms with Crippen LogP contribution in [-0.4, -0.2) is 45.2 Å². The van der Waals surface area contributed by atoms with Gasteiger partial charge in [0.05, 0.1) is 0 Å². The second kappa shape index (κ2) is 4.34. The highest BCUT2D eigenvalue weighted by molar-refractivity contribution is 5.65. The monoisotopic (exact) mass is 222 g/mol. The largest absolute Gasteiger partial charge is 0.465 e. The Bertz CT molecular complexity index is 379. The van der Waals surface area contributed by atoms with Gasteiger partial charge in [-0.15, -0.1) is 0 Å². The number of hydrogen-bond donors (Lipinski definition) is 2. The number of nitrogens with zero attached hydrogens (tertiary/aromatic N) is 3. The van der Waals surface area contributed by atoms with Gasteiger partial charge in [0.25, 0.3) is 0 Å². The first-order valence-electron chi connectivity index (χ1n) is 5.18. The molecule has 1 aromatic rings. The van der Waals surface area contributed by atoms with Crippen LogP contribution in [0.3, 0.4) is 0 Å². The van der Waals surface area contributed by atoms with Crippen molar-refractivity contribution in [1.82, 2.24) is 14.9 Å². The molecule has 1 aliphatic rings. The lowest BCUT2D eigenvalue weighted by Crippen LogP contribution is -2.30. The lowest BCUT2D eigenvalue weighted by molar-refractivity contribution is 0.155. The van der Waals surface area contributed by atoms with Crippen LogP contribution in [0.5, 0.6) is 0 Å². The molecule has 6 heteroatoms. The lowest BCUT2D eigenvalue weighted by atomic mass is 10.3. The summed E-state index contributed by atoms with van der Waals surface area (Å²) in [5.41, 5.74) is 1.00. The molecule has 6 nitrogen and oxygen atoms in total. The minimum atomic E-state index is -0.867. The lowest BCUT2D eigenvalue weighted by Gasteiger charge is -2.13. The van der Waals surface area contributed by atoms with Crippen molar-refractivity contribution in [3.05, 3.63) is 18.0 Å². The van der Waals surface area contributed by atoms with Gasteiger partial charge in [0, 0.05) is 31.5 Å². The van der Waals surface area contributed by atoms with Crippen LogP contribution in [0, 0.1) is 6.92 Å². The van der Waals surface area contributed by atoms with E-state index in [-0.39, 0.29) is 6.04 Å². The highest BCUT2D eigenvalue weighted by atomic mass is 16.4. The highest BCUT2D eigenvalue weighted by Gasteiger charge is 2.25. The van der Waals surface area contributed by atoms with Crippen LogP contribution in [-0.2, 0) is 0 Å². The number of likely N-dealkylation sites (tertiary alicyclic amines) is 1. The first-order valence-corrected chi connectivity index (χ1v) is 5.18. The molecule has 1 unspecified atom stereocenters. The maximum absolute atomic E-state index is 10.7. The van der Waals surface area contributed by atoms with E-state index in [9.17, 15) is 4.79 Å². The minimum Gasteiger partial charge on any atom is -0.465 e. The average Bonchev–Trinajstić information content (AvgIpc) is 2.70. The predicted molar refractivity (Wildman–Crippen MR) is 58.4 cm³/mol. The second-order valence-corrected chi connectivity index (χ2v) is 3.94. The van der Waals surface area contributed by atoms with E-state index < -0.39 is 6.09 Å². The summed E-state index contributed by atoms with van der Waals surface area (Å²) in [6, 6.07) is 0.110. The van der Waals surface area contributed by atoms with Crippen LogP contribution in [0.2, 0.25) is 0 Å². The summed E-state index contributed by atoms with van der Waals surface area (Å²) in [6.07, 6.45) is 3.40. The molecule has 1 aromatic heterocycles. The van der Waals surface area contributed by atoms with E-state index in [1.54, 1.807) is 12.4 Å². The molecule has 1 atom stereocenters.